The number of nitrogens with one attached hydrogen (secondary N) is 2. The second-order valence-electron chi connectivity index (χ2n) is 8.85. The molecule has 0 saturated carbocycles. The first-order chi connectivity index (χ1) is 14.0. The highest BCUT2D eigenvalue weighted by atomic mass is 15.0. The average Bonchev–Trinajstić information content (AvgIpc) is 3.35. The summed E-state index contributed by atoms with van der Waals surface area (Å²) in [6, 6.07) is 7.08. The Kier molecular flexibility index (Phi) is 4.47. The van der Waals surface area contributed by atoms with E-state index >= 15 is 0 Å². The number of pyridine rings is 1. The van der Waals surface area contributed by atoms with Crippen LogP contribution in [0.2, 0.25) is 0 Å². The minimum absolute atomic E-state index is 0.445. The number of hydrogen-bond acceptors (Lipinski definition) is 2. The SMILES string of the molecule is Cc1c(-c2[nH]c3ccc(C4CCNCC4)cc3c2C(C)C)cn2ccnc2c1C. The highest BCUT2D eigenvalue weighted by Crippen LogP contribution is 2.39. The molecular formula is C25H30N4. The van der Waals surface area contributed by atoms with E-state index in [1.807, 2.05) is 12.4 Å². The molecule has 1 saturated heterocycles. The summed E-state index contributed by atoms with van der Waals surface area (Å²) in [4.78, 5) is 8.30. The summed E-state index contributed by atoms with van der Waals surface area (Å²) in [7, 11) is 0. The lowest BCUT2D eigenvalue weighted by Crippen LogP contribution is -2.26. The Labute approximate surface area is 172 Å². The van der Waals surface area contributed by atoms with E-state index < -0.39 is 0 Å². The Morgan fingerprint density at radius 1 is 1.10 bits per heavy atom. The van der Waals surface area contributed by atoms with Gasteiger partial charge in [-0.15, -0.1) is 0 Å². The van der Waals surface area contributed by atoms with Crippen molar-refractivity contribution in [2.45, 2.75) is 52.4 Å². The van der Waals surface area contributed by atoms with E-state index in [1.165, 1.54) is 57.3 Å². The molecule has 0 amide bonds. The molecule has 1 aliphatic heterocycles. The highest BCUT2D eigenvalue weighted by molar-refractivity contribution is 5.92. The molecule has 0 aliphatic carbocycles. The summed E-state index contributed by atoms with van der Waals surface area (Å²) < 4.78 is 2.15. The maximum atomic E-state index is 4.53. The smallest absolute Gasteiger partial charge is 0.139 e. The molecule has 1 fully saturated rings. The molecule has 0 radical (unpaired) electrons. The van der Waals surface area contributed by atoms with Crippen LogP contribution >= 0.6 is 0 Å². The number of benzene rings is 1. The summed E-state index contributed by atoms with van der Waals surface area (Å²) in [6.45, 7) is 11.3. The molecule has 1 aromatic carbocycles. The fourth-order valence-electron chi connectivity index (χ4n) is 5.02. The second kappa shape index (κ2) is 7.03. The fraction of sp³-hybridized carbons (Fsp3) is 0.400. The Morgan fingerprint density at radius 3 is 2.66 bits per heavy atom. The van der Waals surface area contributed by atoms with Gasteiger partial charge in [-0.05, 0) is 86.0 Å². The molecule has 2 N–H and O–H groups in total. The quantitative estimate of drug-likeness (QED) is 0.475. The molecule has 0 spiro atoms. The van der Waals surface area contributed by atoms with Gasteiger partial charge in [0.2, 0.25) is 0 Å². The van der Waals surface area contributed by atoms with Gasteiger partial charge in [0.25, 0.3) is 0 Å². The molecule has 1 aliphatic rings. The topological polar surface area (TPSA) is 45.1 Å². The summed E-state index contributed by atoms with van der Waals surface area (Å²) in [5.74, 6) is 1.12. The van der Waals surface area contributed by atoms with Crippen LogP contribution in [0.15, 0.2) is 36.8 Å². The van der Waals surface area contributed by atoms with Gasteiger partial charge in [0.15, 0.2) is 0 Å². The van der Waals surface area contributed by atoms with Crippen molar-refractivity contribution in [2.24, 2.45) is 0 Å². The van der Waals surface area contributed by atoms with E-state index in [4.69, 9.17) is 0 Å². The van der Waals surface area contributed by atoms with Crippen LogP contribution in [0.1, 0.15) is 60.8 Å². The number of aromatic amines is 1. The average molecular weight is 387 g/mol. The van der Waals surface area contributed by atoms with Crippen molar-refractivity contribution < 1.29 is 0 Å². The van der Waals surface area contributed by atoms with Crippen LogP contribution in [-0.2, 0) is 0 Å². The van der Waals surface area contributed by atoms with Gasteiger partial charge in [-0.2, -0.15) is 0 Å². The third-order valence-electron chi connectivity index (χ3n) is 6.76. The normalized spacial score (nSPS) is 15.8. The molecule has 4 heterocycles. The Hall–Kier alpha value is -2.59. The number of hydrogen-bond donors (Lipinski definition) is 2. The van der Waals surface area contributed by atoms with Crippen molar-refractivity contribution in [3.8, 4) is 11.3 Å². The summed E-state index contributed by atoms with van der Waals surface area (Å²) >= 11 is 0. The van der Waals surface area contributed by atoms with E-state index in [-0.39, 0.29) is 0 Å². The van der Waals surface area contributed by atoms with Crippen molar-refractivity contribution in [3.05, 3.63) is 59.0 Å². The van der Waals surface area contributed by atoms with E-state index in [2.05, 4.69) is 71.8 Å². The van der Waals surface area contributed by atoms with Crippen LogP contribution in [0, 0.1) is 13.8 Å². The van der Waals surface area contributed by atoms with Crippen LogP contribution in [0.25, 0.3) is 27.8 Å². The van der Waals surface area contributed by atoms with Gasteiger partial charge in [0.05, 0.1) is 5.69 Å². The first kappa shape index (κ1) is 18.4. The first-order valence-electron chi connectivity index (χ1n) is 10.8. The number of rotatable bonds is 3. The zero-order chi connectivity index (χ0) is 20.1. The second-order valence-corrected chi connectivity index (χ2v) is 8.85. The molecule has 4 nitrogen and oxygen atoms in total. The van der Waals surface area contributed by atoms with Crippen LogP contribution < -0.4 is 5.32 Å². The zero-order valence-electron chi connectivity index (χ0n) is 17.8. The fourth-order valence-corrected chi connectivity index (χ4v) is 5.02. The minimum Gasteiger partial charge on any atom is -0.354 e. The minimum atomic E-state index is 0.445. The van der Waals surface area contributed by atoms with Crippen molar-refractivity contribution in [3.63, 3.8) is 0 Å². The highest BCUT2D eigenvalue weighted by Gasteiger charge is 2.21. The maximum absolute atomic E-state index is 4.53. The molecule has 0 atom stereocenters. The molecule has 150 valence electrons. The zero-order valence-corrected chi connectivity index (χ0v) is 17.8. The van der Waals surface area contributed by atoms with Crippen molar-refractivity contribution in [2.75, 3.05) is 13.1 Å². The Balaban J connectivity index is 1.72. The lowest BCUT2D eigenvalue weighted by Gasteiger charge is -2.23. The van der Waals surface area contributed by atoms with E-state index in [1.54, 1.807) is 0 Å². The van der Waals surface area contributed by atoms with Crippen LogP contribution in [0.3, 0.4) is 0 Å². The largest absolute Gasteiger partial charge is 0.354 e. The maximum Gasteiger partial charge on any atom is 0.139 e. The Bertz CT molecular complexity index is 1190. The number of aryl methyl sites for hydroxylation is 1. The molecule has 5 rings (SSSR count). The third kappa shape index (κ3) is 2.98. The van der Waals surface area contributed by atoms with Crippen molar-refractivity contribution in [1.82, 2.24) is 19.7 Å². The van der Waals surface area contributed by atoms with Gasteiger partial charge < -0.3 is 14.7 Å². The molecule has 29 heavy (non-hydrogen) atoms. The number of imidazole rings is 1. The van der Waals surface area contributed by atoms with Crippen molar-refractivity contribution in [1.29, 1.82) is 0 Å². The third-order valence-corrected chi connectivity index (χ3v) is 6.76. The first-order valence-corrected chi connectivity index (χ1v) is 10.8. The summed E-state index contributed by atoms with van der Waals surface area (Å²) in [5.41, 5.74) is 10.3. The van der Waals surface area contributed by atoms with Gasteiger partial charge in [-0.1, -0.05) is 19.9 Å². The monoisotopic (exact) mass is 386 g/mol. The number of aromatic nitrogens is 3. The number of H-pyrrole nitrogens is 1. The lowest BCUT2D eigenvalue weighted by atomic mass is 9.88. The number of nitrogens with zero attached hydrogens (tertiary/aromatic N) is 2. The van der Waals surface area contributed by atoms with Crippen molar-refractivity contribution >= 4 is 16.6 Å². The molecule has 0 bridgehead atoms. The molecule has 4 aromatic rings. The molecule has 0 unspecified atom stereocenters. The molecular weight excluding hydrogens is 356 g/mol. The molecule has 3 aromatic heterocycles. The standard InChI is InChI=1S/C25H30N4/c1-15(2)23-20-13-19(18-7-9-26-10-8-18)5-6-22(20)28-24(23)21-14-29-12-11-27-25(29)17(4)16(21)3/h5-6,11-15,18,26,28H,7-10H2,1-4H3. The van der Waals surface area contributed by atoms with Gasteiger partial charge in [-0.3, -0.25) is 0 Å². The van der Waals surface area contributed by atoms with Gasteiger partial charge in [-0.25, -0.2) is 4.98 Å². The predicted octanol–water partition coefficient (Wildman–Crippen LogP) is 5.69. The van der Waals surface area contributed by atoms with E-state index in [9.17, 15) is 0 Å². The Morgan fingerprint density at radius 2 is 1.90 bits per heavy atom. The van der Waals surface area contributed by atoms with Crippen LogP contribution in [-0.4, -0.2) is 27.5 Å². The van der Waals surface area contributed by atoms with Gasteiger partial charge in [0, 0.05) is 35.1 Å². The predicted molar refractivity (Wildman–Crippen MR) is 121 cm³/mol. The van der Waals surface area contributed by atoms with Gasteiger partial charge in [0.1, 0.15) is 5.65 Å². The number of piperidine rings is 1. The van der Waals surface area contributed by atoms with E-state index in [0.717, 1.165) is 18.7 Å². The lowest BCUT2D eigenvalue weighted by molar-refractivity contribution is 0.460. The van der Waals surface area contributed by atoms with E-state index in [0.29, 0.717) is 11.8 Å². The van der Waals surface area contributed by atoms with Crippen LogP contribution in [0.5, 0.6) is 0 Å². The van der Waals surface area contributed by atoms with Gasteiger partial charge >= 0.3 is 0 Å². The molecule has 4 heteroatoms. The van der Waals surface area contributed by atoms with Crippen LogP contribution in [0.4, 0.5) is 0 Å². The number of fused-ring (bicyclic) bond motifs is 2. The summed E-state index contributed by atoms with van der Waals surface area (Å²) in [6.07, 6.45) is 8.61. The summed E-state index contributed by atoms with van der Waals surface area (Å²) in [5, 5.41) is 4.87.